The monoisotopic (exact) mass is 288 g/mol. The first-order chi connectivity index (χ1) is 10.2. The molecule has 0 saturated heterocycles. The number of hydrogen-bond acceptors (Lipinski definition) is 4. The van der Waals surface area contributed by atoms with Crippen LogP contribution in [0.2, 0.25) is 0 Å². The van der Waals surface area contributed by atoms with E-state index in [2.05, 4.69) is 9.97 Å². The topological polar surface area (TPSA) is 55.0 Å². The minimum Gasteiger partial charge on any atom is -0.330 e. The van der Waals surface area contributed by atoms with Gasteiger partial charge in [-0.2, -0.15) is 0 Å². The normalized spacial score (nSPS) is 10.7. The summed E-state index contributed by atoms with van der Waals surface area (Å²) in [6.45, 7) is 5.07. The first-order valence-electron chi connectivity index (χ1n) is 7.22. The molecule has 0 radical (unpaired) electrons. The highest BCUT2D eigenvalue weighted by Gasteiger charge is 2.15. The lowest BCUT2D eigenvalue weighted by Crippen LogP contribution is -2.23. The number of aromatic nitrogens is 2. The zero-order valence-corrected chi connectivity index (χ0v) is 12.5. The smallest absolute Gasteiger partial charge is 0.146 e. The van der Waals surface area contributed by atoms with Gasteiger partial charge >= 0.3 is 0 Å². The predicted molar refractivity (Wildman–Crippen MR) is 83.2 cm³/mol. The molecule has 112 valence electrons. The molecule has 1 aromatic heterocycles. The quantitative estimate of drug-likeness (QED) is 0.888. The molecule has 0 aliphatic carbocycles. The van der Waals surface area contributed by atoms with Crippen LogP contribution in [0.1, 0.15) is 24.9 Å². The van der Waals surface area contributed by atoms with Crippen molar-refractivity contribution in [3.05, 3.63) is 47.7 Å². The third-order valence-corrected chi connectivity index (χ3v) is 3.25. The maximum Gasteiger partial charge on any atom is 0.146 e. The van der Waals surface area contributed by atoms with Gasteiger partial charge in [0.05, 0.1) is 5.69 Å². The maximum absolute atomic E-state index is 14.1. The largest absolute Gasteiger partial charge is 0.330 e. The zero-order valence-electron chi connectivity index (χ0n) is 12.5. The Hall–Kier alpha value is -2.01. The summed E-state index contributed by atoms with van der Waals surface area (Å²) in [6.07, 6.45) is 1.58. The fraction of sp³-hybridized carbons (Fsp3) is 0.375. The van der Waals surface area contributed by atoms with Crippen molar-refractivity contribution in [2.45, 2.75) is 26.7 Å². The van der Waals surface area contributed by atoms with Crippen LogP contribution < -0.4 is 10.6 Å². The van der Waals surface area contributed by atoms with Gasteiger partial charge in [-0.25, -0.2) is 14.4 Å². The first-order valence-corrected chi connectivity index (χ1v) is 7.22. The van der Waals surface area contributed by atoms with Crippen LogP contribution in [-0.4, -0.2) is 23.1 Å². The van der Waals surface area contributed by atoms with Crippen LogP contribution in [0.25, 0.3) is 0 Å². The lowest BCUT2D eigenvalue weighted by molar-refractivity contribution is 0.622. The molecule has 0 spiro atoms. The van der Waals surface area contributed by atoms with Gasteiger partial charge in [0.1, 0.15) is 17.5 Å². The number of aryl methyl sites for hydroxylation is 2. The fourth-order valence-corrected chi connectivity index (χ4v) is 2.21. The number of benzene rings is 1. The molecule has 0 saturated carbocycles. The number of hydrogen-bond donors (Lipinski definition) is 1. The number of nitrogens with zero attached hydrogens (tertiary/aromatic N) is 3. The molecule has 1 heterocycles. The summed E-state index contributed by atoms with van der Waals surface area (Å²) in [7, 11) is 0. The van der Waals surface area contributed by atoms with Crippen molar-refractivity contribution in [3.63, 3.8) is 0 Å². The van der Waals surface area contributed by atoms with Gasteiger partial charge in [0.2, 0.25) is 0 Å². The van der Waals surface area contributed by atoms with Crippen molar-refractivity contribution < 1.29 is 4.39 Å². The lowest BCUT2D eigenvalue weighted by atomic mass is 10.2. The van der Waals surface area contributed by atoms with E-state index in [0.29, 0.717) is 24.6 Å². The average Bonchev–Trinajstić information content (AvgIpc) is 2.48. The van der Waals surface area contributed by atoms with Gasteiger partial charge in [0, 0.05) is 18.3 Å². The van der Waals surface area contributed by atoms with E-state index in [9.17, 15) is 4.39 Å². The molecule has 0 amide bonds. The van der Waals surface area contributed by atoms with Crippen molar-refractivity contribution in [2.75, 3.05) is 18.0 Å². The third-order valence-electron chi connectivity index (χ3n) is 3.25. The Labute approximate surface area is 124 Å². The van der Waals surface area contributed by atoms with Gasteiger partial charge < -0.3 is 10.6 Å². The van der Waals surface area contributed by atoms with E-state index in [4.69, 9.17) is 5.73 Å². The Morgan fingerprint density at radius 2 is 2.00 bits per heavy atom. The van der Waals surface area contributed by atoms with Gasteiger partial charge in [-0.1, -0.05) is 19.1 Å². The molecule has 0 atom stereocenters. The van der Waals surface area contributed by atoms with Crippen LogP contribution in [0.5, 0.6) is 0 Å². The van der Waals surface area contributed by atoms with E-state index in [0.717, 1.165) is 24.4 Å². The van der Waals surface area contributed by atoms with Crippen LogP contribution in [0.3, 0.4) is 0 Å². The molecule has 21 heavy (non-hydrogen) atoms. The van der Waals surface area contributed by atoms with Crippen molar-refractivity contribution >= 4 is 11.5 Å². The molecule has 2 N–H and O–H groups in total. The van der Waals surface area contributed by atoms with E-state index in [1.165, 1.54) is 6.07 Å². The molecule has 5 heteroatoms. The van der Waals surface area contributed by atoms with Gasteiger partial charge in [-0.15, -0.1) is 0 Å². The zero-order chi connectivity index (χ0) is 15.2. The summed E-state index contributed by atoms with van der Waals surface area (Å²) in [4.78, 5) is 10.7. The van der Waals surface area contributed by atoms with E-state index >= 15 is 0 Å². The molecule has 2 aromatic rings. The van der Waals surface area contributed by atoms with Crippen LogP contribution in [0.15, 0.2) is 30.3 Å². The second-order valence-electron chi connectivity index (χ2n) is 4.86. The lowest BCUT2D eigenvalue weighted by Gasteiger charge is -2.24. The molecule has 4 nitrogen and oxygen atoms in total. The second kappa shape index (κ2) is 7.13. The number of anilines is 2. The van der Waals surface area contributed by atoms with Crippen molar-refractivity contribution in [1.82, 2.24) is 9.97 Å². The van der Waals surface area contributed by atoms with E-state index < -0.39 is 0 Å². The molecule has 0 fully saturated rings. The van der Waals surface area contributed by atoms with Gasteiger partial charge in [-0.05, 0) is 38.4 Å². The first kappa shape index (κ1) is 15.4. The summed E-state index contributed by atoms with van der Waals surface area (Å²) < 4.78 is 14.1. The predicted octanol–water partition coefficient (Wildman–Crippen LogP) is 2.97. The molecule has 2 rings (SSSR count). The molecular formula is C16H21FN4. The highest BCUT2D eigenvalue weighted by atomic mass is 19.1. The number of rotatable bonds is 6. The highest BCUT2D eigenvalue weighted by molar-refractivity contribution is 5.60. The van der Waals surface area contributed by atoms with E-state index in [1.54, 1.807) is 12.1 Å². The van der Waals surface area contributed by atoms with Crippen LogP contribution in [0, 0.1) is 12.7 Å². The summed E-state index contributed by atoms with van der Waals surface area (Å²) in [5, 5.41) is 0. The van der Waals surface area contributed by atoms with Crippen molar-refractivity contribution in [3.8, 4) is 0 Å². The second-order valence-corrected chi connectivity index (χ2v) is 4.86. The number of nitrogens with two attached hydrogens (primary N) is 1. The summed E-state index contributed by atoms with van der Waals surface area (Å²) >= 11 is 0. The maximum atomic E-state index is 14.1. The Morgan fingerprint density at radius 1 is 1.24 bits per heavy atom. The van der Waals surface area contributed by atoms with Gasteiger partial charge in [0.25, 0.3) is 0 Å². The molecular weight excluding hydrogens is 267 g/mol. The van der Waals surface area contributed by atoms with E-state index in [-0.39, 0.29) is 5.82 Å². The van der Waals surface area contributed by atoms with Crippen LogP contribution in [-0.2, 0) is 6.42 Å². The van der Waals surface area contributed by atoms with Gasteiger partial charge in [0.15, 0.2) is 0 Å². The third kappa shape index (κ3) is 3.76. The molecule has 0 aliphatic heterocycles. The molecule has 0 bridgehead atoms. The Balaban J connectivity index is 2.45. The number of halogens is 1. The minimum atomic E-state index is -0.260. The highest BCUT2D eigenvalue weighted by Crippen LogP contribution is 2.27. The average molecular weight is 288 g/mol. The molecule has 0 unspecified atom stereocenters. The Kier molecular flexibility index (Phi) is 5.22. The fourth-order valence-electron chi connectivity index (χ4n) is 2.21. The summed E-state index contributed by atoms with van der Waals surface area (Å²) in [5.41, 5.74) is 7.07. The van der Waals surface area contributed by atoms with Crippen LogP contribution >= 0.6 is 0 Å². The Bertz CT molecular complexity index is 601. The number of para-hydroxylation sites is 1. The van der Waals surface area contributed by atoms with Crippen LogP contribution in [0.4, 0.5) is 15.9 Å². The Morgan fingerprint density at radius 3 is 2.67 bits per heavy atom. The molecule has 1 aromatic carbocycles. The van der Waals surface area contributed by atoms with Gasteiger partial charge in [-0.3, -0.25) is 0 Å². The summed E-state index contributed by atoms with van der Waals surface area (Å²) in [6, 6.07) is 8.63. The van der Waals surface area contributed by atoms with Crippen molar-refractivity contribution in [1.29, 1.82) is 0 Å². The van der Waals surface area contributed by atoms with E-state index in [1.807, 2.05) is 30.9 Å². The molecule has 0 aliphatic rings. The van der Waals surface area contributed by atoms with Crippen molar-refractivity contribution in [2.24, 2.45) is 5.73 Å². The summed E-state index contributed by atoms with van der Waals surface area (Å²) in [5.74, 6) is 1.15. The standard InChI is InChI=1S/C16H21FN4/c1-3-13-11-16(20-12(2)19-13)21(10-6-9-18)15-8-5-4-7-14(15)17/h4-5,7-8,11H,3,6,9-10,18H2,1-2H3. The minimum absolute atomic E-state index is 0.260. The SMILES string of the molecule is CCc1cc(N(CCCN)c2ccccc2F)nc(C)n1.